The van der Waals surface area contributed by atoms with Crippen molar-refractivity contribution in [1.29, 1.82) is 0 Å². The minimum Gasteiger partial charge on any atom is -1.00 e. The highest BCUT2D eigenvalue weighted by Gasteiger charge is 2.61. The second-order valence-corrected chi connectivity index (χ2v) is 11.9. The number of ether oxygens (including phenoxy) is 2. The van der Waals surface area contributed by atoms with E-state index >= 15 is 0 Å². The normalized spacial score (nSPS) is 23.3. The second-order valence-electron chi connectivity index (χ2n) is 8.52. The van der Waals surface area contributed by atoms with Gasteiger partial charge in [-0.25, -0.2) is 0 Å². The minimum absolute atomic E-state index is 0. The van der Waals surface area contributed by atoms with Gasteiger partial charge in [-0.3, -0.25) is 0 Å². The lowest BCUT2D eigenvalue weighted by Crippen LogP contribution is -3.00. The highest BCUT2D eigenvalue weighted by molar-refractivity contribution is 7.66. The number of hydrogen-bond acceptors (Lipinski definition) is 6. The molecule has 0 aromatic heterocycles. The van der Waals surface area contributed by atoms with Crippen LogP contribution in [0.4, 0.5) is 0 Å². The summed E-state index contributed by atoms with van der Waals surface area (Å²) >= 11 is 0. The summed E-state index contributed by atoms with van der Waals surface area (Å²) in [4.78, 5) is 0. The molecular formula is C21H44ClN4O2P. The summed E-state index contributed by atoms with van der Waals surface area (Å²) in [5.74, 6) is 0. The van der Waals surface area contributed by atoms with Crippen molar-refractivity contribution in [3.63, 3.8) is 0 Å². The van der Waals surface area contributed by atoms with Gasteiger partial charge in [-0.05, 0) is 38.5 Å². The SMILES string of the molecule is COCCN(CCOC)[P+](N1CCCCC1)(N1CCCCC1)N1CCCCC1.[Cl-]. The molecule has 3 aliphatic heterocycles. The van der Waals surface area contributed by atoms with E-state index in [1.165, 1.54) is 97.1 Å². The van der Waals surface area contributed by atoms with E-state index in [-0.39, 0.29) is 12.4 Å². The Kier molecular flexibility index (Phi) is 12.2. The zero-order valence-corrected chi connectivity index (χ0v) is 20.5. The standard InChI is InChI=1S/C21H44N4O2P.ClH/c1-26-20-18-25(19-21-27-2)28(22-12-6-3-7-13-22,23-14-8-4-9-15-23)24-16-10-5-11-17-24;/h3-21H2,1-2H3;1H/q+1;/p-1. The van der Waals surface area contributed by atoms with Crippen molar-refractivity contribution in [2.45, 2.75) is 57.8 Å². The Balaban J connectivity index is 0.00000300. The van der Waals surface area contributed by atoms with E-state index in [9.17, 15) is 0 Å². The van der Waals surface area contributed by atoms with Gasteiger partial charge in [-0.1, -0.05) is 19.3 Å². The van der Waals surface area contributed by atoms with E-state index in [1.807, 2.05) is 14.2 Å². The third kappa shape index (κ3) is 6.26. The van der Waals surface area contributed by atoms with Gasteiger partial charge in [-0.2, -0.15) is 0 Å². The van der Waals surface area contributed by atoms with Crippen LogP contribution in [0, 0.1) is 0 Å². The molecule has 0 radical (unpaired) electrons. The monoisotopic (exact) mass is 450 g/mol. The molecule has 0 amide bonds. The summed E-state index contributed by atoms with van der Waals surface area (Å²) < 4.78 is 22.8. The molecule has 0 aliphatic carbocycles. The van der Waals surface area contributed by atoms with Crippen LogP contribution in [-0.2, 0) is 9.47 Å². The Morgan fingerprint density at radius 2 is 0.897 bits per heavy atom. The summed E-state index contributed by atoms with van der Waals surface area (Å²) in [5.41, 5.74) is 0. The topological polar surface area (TPSA) is 31.4 Å². The van der Waals surface area contributed by atoms with E-state index in [2.05, 4.69) is 18.7 Å². The molecule has 6 nitrogen and oxygen atoms in total. The van der Waals surface area contributed by atoms with Gasteiger partial charge in [0.15, 0.2) is 0 Å². The van der Waals surface area contributed by atoms with Gasteiger partial charge in [0.1, 0.15) is 0 Å². The Hall–Kier alpha value is 0.480. The van der Waals surface area contributed by atoms with Gasteiger partial charge in [0.2, 0.25) is 0 Å². The van der Waals surface area contributed by atoms with Gasteiger partial charge in [-0.15, -0.1) is 18.7 Å². The fourth-order valence-corrected chi connectivity index (χ4v) is 10.6. The molecule has 0 spiro atoms. The molecule has 8 heteroatoms. The first-order valence-electron chi connectivity index (χ1n) is 11.7. The van der Waals surface area contributed by atoms with Crippen molar-refractivity contribution in [1.82, 2.24) is 18.7 Å². The molecule has 3 fully saturated rings. The molecular weight excluding hydrogens is 407 g/mol. The van der Waals surface area contributed by atoms with Gasteiger partial charge in [0.25, 0.3) is 0 Å². The molecule has 0 aromatic rings. The average Bonchev–Trinajstić information content (AvgIpc) is 2.78. The Morgan fingerprint density at radius 1 is 0.586 bits per heavy atom. The van der Waals surface area contributed by atoms with Crippen molar-refractivity contribution in [3.8, 4) is 0 Å². The summed E-state index contributed by atoms with van der Waals surface area (Å²) in [7, 11) is 1.97. The highest BCUT2D eigenvalue weighted by Crippen LogP contribution is 2.71. The number of piperidine rings is 3. The average molecular weight is 451 g/mol. The van der Waals surface area contributed by atoms with Crippen molar-refractivity contribution in [2.24, 2.45) is 0 Å². The van der Waals surface area contributed by atoms with Crippen molar-refractivity contribution >= 4 is 7.87 Å². The van der Waals surface area contributed by atoms with Gasteiger partial charge >= 0.3 is 7.87 Å². The largest absolute Gasteiger partial charge is 1.00 e. The zero-order chi connectivity index (χ0) is 19.7. The van der Waals surface area contributed by atoms with Crippen LogP contribution in [0.2, 0.25) is 0 Å². The van der Waals surface area contributed by atoms with E-state index in [0.29, 0.717) is 0 Å². The van der Waals surface area contributed by atoms with Crippen molar-refractivity contribution in [2.75, 3.05) is 79.8 Å². The maximum Gasteiger partial charge on any atom is 0.308 e. The fourth-order valence-electron chi connectivity index (χ4n) is 5.28. The van der Waals surface area contributed by atoms with Gasteiger partial charge in [0, 0.05) is 53.5 Å². The smallest absolute Gasteiger partial charge is 0.308 e. The van der Waals surface area contributed by atoms with Crippen LogP contribution >= 0.6 is 7.87 Å². The molecule has 0 saturated carbocycles. The summed E-state index contributed by atoms with van der Waals surface area (Å²) in [5, 5.41) is 0. The highest BCUT2D eigenvalue weighted by atomic mass is 35.5. The number of hydrogen-bond donors (Lipinski definition) is 0. The second kappa shape index (κ2) is 13.8. The van der Waals surface area contributed by atoms with Crippen LogP contribution in [0.3, 0.4) is 0 Å². The van der Waals surface area contributed by atoms with E-state index in [4.69, 9.17) is 9.47 Å². The molecule has 3 heterocycles. The van der Waals surface area contributed by atoms with Crippen LogP contribution in [0.5, 0.6) is 0 Å². The summed E-state index contributed by atoms with van der Waals surface area (Å²) in [6.45, 7) is 11.2. The van der Waals surface area contributed by atoms with Gasteiger partial charge in [0.05, 0.1) is 26.3 Å². The van der Waals surface area contributed by atoms with E-state index < -0.39 is 7.87 Å². The first-order valence-corrected chi connectivity index (χ1v) is 13.3. The first-order chi connectivity index (χ1) is 13.8. The molecule has 3 rings (SSSR count). The van der Waals surface area contributed by atoms with Crippen molar-refractivity contribution < 1.29 is 21.9 Å². The molecule has 0 atom stereocenters. The molecule has 0 bridgehead atoms. The predicted molar refractivity (Wildman–Crippen MR) is 119 cm³/mol. The molecule has 0 N–H and O–H groups in total. The Morgan fingerprint density at radius 3 is 1.17 bits per heavy atom. The summed E-state index contributed by atoms with van der Waals surface area (Å²) in [6, 6.07) is 0. The number of rotatable bonds is 10. The lowest BCUT2D eigenvalue weighted by molar-refractivity contribution is -0.00000690. The van der Waals surface area contributed by atoms with E-state index in [0.717, 1.165) is 26.3 Å². The molecule has 3 saturated heterocycles. The Labute approximate surface area is 186 Å². The Bertz CT molecular complexity index is 377. The number of nitrogens with zero attached hydrogens (tertiary/aromatic N) is 4. The molecule has 29 heavy (non-hydrogen) atoms. The third-order valence-electron chi connectivity index (χ3n) is 6.62. The van der Waals surface area contributed by atoms with Gasteiger partial charge < -0.3 is 21.9 Å². The zero-order valence-electron chi connectivity index (χ0n) is 18.9. The lowest BCUT2D eigenvalue weighted by atomic mass is 10.2. The van der Waals surface area contributed by atoms with Crippen LogP contribution in [0.25, 0.3) is 0 Å². The van der Waals surface area contributed by atoms with Crippen LogP contribution in [-0.4, -0.2) is 98.5 Å². The number of methoxy groups -OCH3 is 2. The quantitative estimate of drug-likeness (QED) is 0.456. The van der Waals surface area contributed by atoms with E-state index in [1.54, 1.807) is 0 Å². The maximum atomic E-state index is 5.59. The summed E-state index contributed by atoms with van der Waals surface area (Å²) in [6.07, 6.45) is 12.3. The molecule has 3 aliphatic rings. The van der Waals surface area contributed by atoms with Crippen LogP contribution in [0.15, 0.2) is 0 Å². The third-order valence-corrected chi connectivity index (χ3v) is 11.3. The molecule has 172 valence electrons. The first kappa shape index (κ1) is 25.7. The molecule has 0 aromatic carbocycles. The maximum absolute atomic E-state index is 5.59. The lowest BCUT2D eigenvalue weighted by Gasteiger charge is -2.53. The van der Waals surface area contributed by atoms with Crippen LogP contribution in [0.1, 0.15) is 57.8 Å². The van der Waals surface area contributed by atoms with Crippen molar-refractivity contribution in [3.05, 3.63) is 0 Å². The predicted octanol–water partition coefficient (Wildman–Crippen LogP) is 0.721. The molecule has 0 unspecified atom stereocenters. The fraction of sp³-hybridized carbons (Fsp3) is 1.00. The van der Waals surface area contributed by atoms with Crippen LogP contribution < -0.4 is 12.4 Å². The minimum atomic E-state index is -1.72. The number of halogens is 1.